The summed E-state index contributed by atoms with van der Waals surface area (Å²) in [6.45, 7) is 0. The van der Waals surface area contributed by atoms with Gasteiger partial charge in [0.15, 0.2) is 5.70 Å². The summed E-state index contributed by atoms with van der Waals surface area (Å²) in [6, 6.07) is 15.0. The molecule has 96 valence electrons. The van der Waals surface area contributed by atoms with E-state index < -0.39 is 0 Å². The number of fused-ring (bicyclic) bond motifs is 1. The molecular weight excluding hydrogens is 316 g/mol. The number of halogens is 1. The standard InChI is InChI=1S/C16H9BrN2O/c17-12-8-5-11(6-9-12)7-10-15-16(20)19-14-4-2-1-3-13(14)18-15/h1-9H. The molecule has 1 aliphatic heterocycles. The van der Waals surface area contributed by atoms with E-state index in [1.165, 1.54) is 0 Å². The van der Waals surface area contributed by atoms with Gasteiger partial charge >= 0.3 is 5.91 Å². The SMILES string of the molecule is O=C1N=c2ccccc2=NC1=C=Cc1ccc(Br)cc1. The summed E-state index contributed by atoms with van der Waals surface area (Å²) in [5, 5.41) is 1.30. The molecule has 0 aliphatic carbocycles. The Balaban J connectivity index is 2.07. The highest BCUT2D eigenvalue weighted by atomic mass is 79.9. The van der Waals surface area contributed by atoms with Crippen molar-refractivity contribution in [2.75, 3.05) is 0 Å². The highest BCUT2D eigenvalue weighted by Gasteiger charge is 2.10. The lowest BCUT2D eigenvalue weighted by molar-refractivity contribution is -0.114. The van der Waals surface area contributed by atoms with E-state index in [0.717, 1.165) is 10.0 Å². The van der Waals surface area contributed by atoms with E-state index in [9.17, 15) is 4.79 Å². The molecule has 0 radical (unpaired) electrons. The van der Waals surface area contributed by atoms with Crippen LogP contribution in [-0.2, 0) is 4.79 Å². The smallest absolute Gasteiger partial charge is 0.264 e. The van der Waals surface area contributed by atoms with Gasteiger partial charge in [-0.05, 0) is 35.9 Å². The number of carbonyl (C=O) groups is 1. The topological polar surface area (TPSA) is 41.8 Å². The molecule has 1 aliphatic rings. The number of para-hydroxylation sites is 2. The quantitative estimate of drug-likeness (QED) is 0.586. The summed E-state index contributed by atoms with van der Waals surface area (Å²) in [5.41, 5.74) is 4.09. The molecule has 0 saturated heterocycles. The Hall–Kier alpha value is -2.29. The number of rotatable bonds is 1. The fourth-order valence-corrected chi connectivity index (χ4v) is 2.05. The molecule has 4 heteroatoms. The monoisotopic (exact) mass is 324 g/mol. The Morgan fingerprint density at radius 1 is 0.950 bits per heavy atom. The minimum Gasteiger partial charge on any atom is -0.264 e. The molecule has 0 unspecified atom stereocenters. The maximum atomic E-state index is 11.8. The Morgan fingerprint density at radius 3 is 2.30 bits per heavy atom. The van der Waals surface area contributed by atoms with Gasteiger partial charge in [0.25, 0.3) is 0 Å². The van der Waals surface area contributed by atoms with Crippen LogP contribution in [0, 0.1) is 0 Å². The minimum absolute atomic E-state index is 0.228. The predicted octanol–water partition coefficient (Wildman–Crippen LogP) is 2.42. The van der Waals surface area contributed by atoms with E-state index in [1.807, 2.05) is 42.5 Å². The molecule has 0 spiro atoms. The third kappa shape index (κ3) is 2.67. The fourth-order valence-electron chi connectivity index (χ4n) is 1.79. The number of amides is 1. The van der Waals surface area contributed by atoms with Gasteiger partial charge in [-0.1, -0.05) is 45.9 Å². The summed E-state index contributed by atoms with van der Waals surface area (Å²) >= 11 is 3.37. The normalized spacial score (nSPS) is 12.8. The first-order chi connectivity index (χ1) is 9.72. The molecule has 3 nitrogen and oxygen atoms in total. The number of benzene rings is 2. The number of nitrogens with zero attached hydrogens (tertiary/aromatic N) is 2. The number of carbonyl (C=O) groups excluding carboxylic acids is 1. The first kappa shape index (κ1) is 12.7. The van der Waals surface area contributed by atoms with Gasteiger partial charge < -0.3 is 0 Å². The number of hydrogen-bond donors (Lipinski definition) is 0. The summed E-state index contributed by atoms with van der Waals surface area (Å²) in [5.74, 6) is -0.364. The molecule has 0 saturated carbocycles. The third-order valence-electron chi connectivity index (χ3n) is 2.78. The molecule has 1 heterocycles. The summed E-state index contributed by atoms with van der Waals surface area (Å²) in [4.78, 5) is 20.1. The zero-order valence-corrected chi connectivity index (χ0v) is 12.0. The van der Waals surface area contributed by atoms with Gasteiger partial charge in [-0.3, -0.25) is 4.79 Å². The largest absolute Gasteiger partial charge is 0.304 e. The van der Waals surface area contributed by atoms with Gasteiger partial charge in [0.1, 0.15) is 0 Å². The third-order valence-corrected chi connectivity index (χ3v) is 3.31. The fraction of sp³-hybridized carbons (Fsp3) is 0. The molecule has 0 bridgehead atoms. The van der Waals surface area contributed by atoms with Crippen LogP contribution in [0.2, 0.25) is 0 Å². The van der Waals surface area contributed by atoms with Gasteiger partial charge in [-0.25, -0.2) is 9.98 Å². The van der Waals surface area contributed by atoms with E-state index in [-0.39, 0.29) is 11.6 Å². The van der Waals surface area contributed by atoms with Gasteiger partial charge in [0.05, 0.1) is 10.7 Å². The van der Waals surface area contributed by atoms with E-state index in [0.29, 0.717) is 10.7 Å². The van der Waals surface area contributed by atoms with Crippen LogP contribution in [0.1, 0.15) is 5.56 Å². The lowest BCUT2D eigenvalue weighted by Crippen LogP contribution is -2.30. The van der Waals surface area contributed by atoms with Crippen LogP contribution >= 0.6 is 15.9 Å². The molecule has 0 N–H and O–H groups in total. The van der Waals surface area contributed by atoms with Crippen molar-refractivity contribution in [1.29, 1.82) is 0 Å². The van der Waals surface area contributed by atoms with Crippen molar-refractivity contribution in [2.45, 2.75) is 0 Å². The van der Waals surface area contributed by atoms with Crippen LogP contribution in [0.25, 0.3) is 6.08 Å². The molecule has 20 heavy (non-hydrogen) atoms. The van der Waals surface area contributed by atoms with E-state index >= 15 is 0 Å². The van der Waals surface area contributed by atoms with E-state index in [2.05, 4.69) is 31.6 Å². The van der Waals surface area contributed by atoms with Crippen LogP contribution in [0.4, 0.5) is 0 Å². The van der Waals surface area contributed by atoms with Crippen LogP contribution in [0.15, 0.2) is 74.4 Å². The Labute approximate surface area is 123 Å². The molecule has 0 aromatic heterocycles. The van der Waals surface area contributed by atoms with Crippen LogP contribution in [-0.4, -0.2) is 5.91 Å². The average Bonchev–Trinajstić information content (AvgIpc) is 2.47. The first-order valence-corrected chi connectivity index (χ1v) is 6.81. The maximum absolute atomic E-state index is 11.8. The predicted molar refractivity (Wildman–Crippen MR) is 79.4 cm³/mol. The van der Waals surface area contributed by atoms with Gasteiger partial charge in [0.2, 0.25) is 0 Å². The average molecular weight is 325 g/mol. The lowest BCUT2D eigenvalue weighted by atomic mass is 10.2. The van der Waals surface area contributed by atoms with Crippen LogP contribution in [0.3, 0.4) is 0 Å². The summed E-state index contributed by atoms with van der Waals surface area (Å²) in [6.07, 6.45) is 1.73. The van der Waals surface area contributed by atoms with Crippen molar-refractivity contribution < 1.29 is 4.79 Å². The van der Waals surface area contributed by atoms with E-state index in [4.69, 9.17) is 0 Å². The Bertz CT molecular complexity index is 860. The lowest BCUT2D eigenvalue weighted by Gasteiger charge is -1.99. The molecule has 2 aromatic rings. The number of hydrogen-bond acceptors (Lipinski definition) is 2. The minimum atomic E-state index is -0.364. The van der Waals surface area contributed by atoms with Crippen molar-refractivity contribution in [3.63, 3.8) is 0 Å². The van der Waals surface area contributed by atoms with Gasteiger partial charge in [-0.2, -0.15) is 0 Å². The maximum Gasteiger partial charge on any atom is 0.304 e. The van der Waals surface area contributed by atoms with Crippen molar-refractivity contribution in [3.05, 3.63) is 80.7 Å². The molecule has 3 rings (SSSR count). The first-order valence-electron chi connectivity index (χ1n) is 6.01. The van der Waals surface area contributed by atoms with Gasteiger partial charge in [-0.15, -0.1) is 0 Å². The summed E-state index contributed by atoms with van der Waals surface area (Å²) < 4.78 is 1.00. The van der Waals surface area contributed by atoms with E-state index in [1.54, 1.807) is 12.1 Å². The second kappa shape index (κ2) is 5.37. The zero-order valence-electron chi connectivity index (χ0n) is 10.4. The Kier molecular flexibility index (Phi) is 3.42. The zero-order chi connectivity index (χ0) is 13.9. The second-order valence-corrected chi connectivity index (χ2v) is 5.12. The molecule has 0 fully saturated rings. The van der Waals surface area contributed by atoms with Crippen LogP contribution < -0.4 is 10.7 Å². The van der Waals surface area contributed by atoms with Crippen molar-refractivity contribution in [1.82, 2.24) is 0 Å². The molecule has 2 aromatic carbocycles. The van der Waals surface area contributed by atoms with Crippen molar-refractivity contribution in [2.24, 2.45) is 9.98 Å². The molecular formula is C16H9BrN2O. The van der Waals surface area contributed by atoms with Gasteiger partial charge in [0, 0.05) is 4.47 Å². The van der Waals surface area contributed by atoms with Crippen molar-refractivity contribution in [3.8, 4) is 0 Å². The van der Waals surface area contributed by atoms with Crippen molar-refractivity contribution >= 4 is 27.9 Å². The Morgan fingerprint density at radius 2 is 1.60 bits per heavy atom. The second-order valence-electron chi connectivity index (χ2n) is 4.21. The highest BCUT2D eigenvalue weighted by Crippen LogP contribution is 2.11. The molecule has 0 atom stereocenters. The molecule has 1 amide bonds. The van der Waals surface area contributed by atoms with Crippen LogP contribution in [0.5, 0.6) is 0 Å². The summed E-state index contributed by atoms with van der Waals surface area (Å²) in [7, 11) is 0. The highest BCUT2D eigenvalue weighted by molar-refractivity contribution is 9.10.